The van der Waals surface area contributed by atoms with E-state index in [9.17, 15) is 10.2 Å². The molecule has 1 aromatic carbocycles. The highest BCUT2D eigenvalue weighted by Crippen LogP contribution is 2.48. The molecule has 116 valence electrons. The number of phenolic OH excluding ortho intramolecular Hbond substituents is 2. The second-order valence-electron chi connectivity index (χ2n) is 6.78. The van der Waals surface area contributed by atoms with Gasteiger partial charge in [-0.1, -0.05) is 24.6 Å². The van der Waals surface area contributed by atoms with Crippen LogP contribution in [0.5, 0.6) is 11.5 Å². The molecule has 0 aromatic heterocycles. The molecule has 0 unspecified atom stereocenters. The Morgan fingerprint density at radius 2 is 1.95 bits per heavy atom. The van der Waals surface area contributed by atoms with Crippen molar-refractivity contribution in [2.45, 2.75) is 71.6 Å². The van der Waals surface area contributed by atoms with Gasteiger partial charge in [0.15, 0.2) is 11.5 Å². The summed E-state index contributed by atoms with van der Waals surface area (Å²) >= 11 is 0. The van der Waals surface area contributed by atoms with Crippen LogP contribution in [0.2, 0.25) is 0 Å². The van der Waals surface area contributed by atoms with E-state index in [2.05, 4.69) is 32.9 Å². The number of unbranched alkanes of at least 4 members (excludes halogenated alkanes) is 1. The summed E-state index contributed by atoms with van der Waals surface area (Å²) in [7, 11) is 0. The van der Waals surface area contributed by atoms with Gasteiger partial charge in [0.25, 0.3) is 0 Å². The van der Waals surface area contributed by atoms with Crippen LogP contribution in [0.15, 0.2) is 17.7 Å². The van der Waals surface area contributed by atoms with E-state index in [0.717, 1.165) is 30.4 Å². The van der Waals surface area contributed by atoms with Crippen LogP contribution >= 0.6 is 0 Å². The molecule has 0 amide bonds. The average Bonchev–Trinajstić information content (AvgIpc) is 2.42. The van der Waals surface area contributed by atoms with Crippen LogP contribution in [-0.4, -0.2) is 10.2 Å². The number of hydrogen-bond donors (Lipinski definition) is 2. The molecule has 2 rings (SSSR count). The van der Waals surface area contributed by atoms with Gasteiger partial charge in [0.1, 0.15) is 0 Å². The van der Waals surface area contributed by atoms with E-state index < -0.39 is 0 Å². The first kappa shape index (κ1) is 15.9. The number of hydrogen-bond acceptors (Lipinski definition) is 2. The van der Waals surface area contributed by atoms with Gasteiger partial charge >= 0.3 is 0 Å². The van der Waals surface area contributed by atoms with E-state index in [1.54, 1.807) is 0 Å². The molecule has 0 aliphatic heterocycles. The Bertz CT molecular complexity index is 539. The molecule has 0 spiro atoms. The SMILES string of the molecule is CC(C)=CCCC[C@@H]1CC[C@@H](C)c2c1cc(C)c(O)c2O. The Balaban J connectivity index is 2.21. The highest BCUT2D eigenvalue weighted by molar-refractivity contribution is 5.56. The first-order valence-corrected chi connectivity index (χ1v) is 8.10. The summed E-state index contributed by atoms with van der Waals surface area (Å²) < 4.78 is 0. The second kappa shape index (κ2) is 6.55. The summed E-state index contributed by atoms with van der Waals surface area (Å²) in [6, 6.07) is 2.09. The highest BCUT2D eigenvalue weighted by atomic mass is 16.3. The number of benzene rings is 1. The van der Waals surface area contributed by atoms with Gasteiger partial charge in [0.2, 0.25) is 0 Å². The molecule has 21 heavy (non-hydrogen) atoms. The summed E-state index contributed by atoms with van der Waals surface area (Å²) in [5.74, 6) is 1.03. The van der Waals surface area contributed by atoms with Crippen LogP contribution in [0.1, 0.15) is 81.4 Å². The monoisotopic (exact) mass is 288 g/mol. The Kier molecular flexibility index (Phi) is 4.97. The van der Waals surface area contributed by atoms with Crippen molar-refractivity contribution in [2.24, 2.45) is 0 Å². The molecule has 2 nitrogen and oxygen atoms in total. The molecule has 0 fully saturated rings. The average molecular weight is 288 g/mol. The van der Waals surface area contributed by atoms with Crippen LogP contribution in [0.4, 0.5) is 0 Å². The quantitative estimate of drug-likeness (QED) is 0.435. The van der Waals surface area contributed by atoms with Gasteiger partial charge in [-0.05, 0) is 75.8 Å². The van der Waals surface area contributed by atoms with E-state index in [-0.39, 0.29) is 11.5 Å². The molecule has 2 N–H and O–H groups in total. The third kappa shape index (κ3) is 3.42. The molecule has 0 heterocycles. The van der Waals surface area contributed by atoms with E-state index in [1.807, 2.05) is 6.92 Å². The van der Waals surface area contributed by atoms with Crippen molar-refractivity contribution in [3.63, 3.8) is 0 Å². The second-order valence-corrected chi connectivity index (χ2v) is 6.78. The van der Waals surface area contributed by atoms with Crippen LogP contribution in [0.25, 0.3) is 0 Å². The van der Waals surface area contributed by atoms with Crippen molar-refractivity contribution in [1.29, 1.82) is 0 Å². The predicted octanol–water partition coefficient (Wildman–Crippen LogP) is 5.52. The zero-order valence-corrected chi connectivity index (χ0v) is 13.7. The molecule has 1 aliphatic rings. The number of allylic oxidation sites excluding steroid dienone is 2. The third-order valence-electron chi connectivity index (χ3n) is 4.73. The van der Waals surface area contributed by atoms with Crippen LogP contribution < -0.4 is 0 Å². The molecule has 1 aromatic rings. The van der Waals surface area contributed by atoms with Gasteiger partial charge in [0.05, 0.1) is 0 Å². The Morgan fingerprint density at radius 3 is 2.62 bits per heavy atom. The maximum Gasteiger partial charge on any atom is 0.161 e. The fraction of sp³-hybridized carbons (Fsp3) is 0.579. The molecule has 2 heteroatoms. The van der Waals surface area contributed by atoms with Crippen LogP contribution in [-0.2, 0) is 0 Å². The largest absolute Gasteiger partial charge is 0.504 e. The maximum absolute atomic E-state index is 10.3. The zero-order valence-electron chi connectivity index (χ0n) is 13.7. The van der Waals surface area contributed by atoms with Crippen molar-refractivity contribution in [3.8, 4) is 11.5 Å². The maximum atomic E-state index is 10.3. The highest BCUT2D eigenvalue weighted by Gasteiger charge is 2.29. The number of aryl methyl sites for hydroxylation is 1. The van der Waals surface area contributed by atoms with Crippen molar-refractivity contribution in [3.05, 3.63) is 34.4 Å². The van der Waals surface area contributed by atoms with Crippen LogP contribution in [0.3, 0.4) is 0 Å². The first-order valence-electron chi connectivity index (χ1n) is 8.10. The lowest BCUT2D eigenvalue weighted by Gasteiger charge is -2.31. The molecule has 0 radical (unpaired) electrons. The standard InChI is InChI=1S/C19H28O2/c1-12(2)7-5-6-8-15-10-9-13(3)17-16(15)11-14(4)18(20)19(17)21/h7,11,13,15,20-21H,5-6,8-10H2,1-4H3/t13-,15-/m1/s1. The van der Waals surface area contributed by atoms with Gasteiger partial charge in [-0.2, -0.15) is 0 Å². The van der Waals surface area contributed by atoms with E-state index in [4.69, 9.17) is 0 Å². The number of phenols is 2. The smallest absolute Gasteiger partial charge is 0.161 e. The summed E-state index contributed by atoms with van der Waals surface area (Å²) in [6.07, 6.45) is 8.05. The fourth-order valence-corrected chi connectivity index (χ4v) is 3.49. The summed E-state index contributed by atoms with van der Waals surface area (Å²) in [5, 5.41) is 20.3. The molecule has 0 saturated heterocycles. The van der Waals surface area contributed by atoms with Crippen molar-refractivity contribution >= 4 is 0 Å². The van der Waals surface area contributed by atoms with E-state index in [0.29, 0.717) is 11.8 Å². The molecule has 0 saturated carbocycles. The van der Waals surface area contributed by atoms with Gasteiger partial charge < -0.3 is 10.2 Å². The van der Waals surface area contributed by atoms with Gasteiger partial charge in [0, 0.05) is 5.56 Å². The Morgan fingerprint density at radius 1 is 1.24 bits per heavy atom. The van der Waals surface area contributed by atoms with Gasteiger partial charge in [-0.15, -0.1) is 0 Å². The number of aromatic hydroxyl groups is 2. The molecule has 1 aliphatic carbocycles. The van der Waals surface area contributed by atoms with Crippen molar-refractivity contribution in [1.82, 2.24) is 0 Å². The Hall–Kier alpha value is -1.44. The lowest BCUT2D eigenvalue weighted by Crippen LogP contribution is -2.13. The number of fused-ring (bicyclic) bond motifs is 1. The summed E-state index contributed by atoms with van der Waals surface area (Å²) in [5.41, 5.74) is 4.41. The van der Waals surface area contributed by atoms with E-state index >= 15 is 0 Å². The fourth-order valence-electron chi connectivity index (χ4n) is 3.49. The summed E-state index contributed by atoms with van der Waals surface area (Å²) in [6.45, 7) is 8.30. The topological polar surface area (TPSA) is 40.5 Å². The van der Waals surface area contributed by atoms with Crippen molar-refractivity contribution in [2.75, 3.05) is 0 Å². The zero-order chi connectivity index (χ0) is 15.6. The minimum atomic E-state index is 0.0609. The third-order valence-corrected chi connectivity index (χ3v) is 4.73. The lowest BCUT2D eigenvalue weighted by atomic mass is 9.74. The number of rotatable bonds is 4. The van der Waals surface area contributed by atoms with Gasteiger partial charge in [-0.3, -0.25) is 0 Å². The predicted molar refractivity (Wildman–Crippen MR) is 88.2 cm³/mol. The molecule has 2 atom stereocenters. The van der Waals surface area contributed by atoms with Crippen LogP contribution in [0, 0.1) is 6.92 Å². The lowest BCUT2D eigenvalue weighted by molar-refractivity contribution is 0.380. The molecular weight excluding hydrogens is 260 g/mol. The molecule has 0 bridgehead atoms. The summed E-state index contributed by atoms with van der Waals surface area (Å²) in [4.78, 5) is 0. The first-order chi connectivity index (χ1) is 9.91. The minimum absolute atomic E-state index is 0.0609. The normalized spacial score (nSPS) is 21.0. The van der Waals surface area contributed by atoms with E-state index in [1.165, 1.54) is 24.0 Å². The van der Waals surface area contributed by atoms with Gasteiger partial charge in [-0.25, -0.2) is 0 Å². The Labute approximate surface area is 128 Å². The molecular formula is C19H28O2. The minimum Gasteiger partial charge on any atom is -0.504 e. The van der Waals surface area contributed by atoms with Crippen molar-refractivity contribution < 1.29 is 10.2 Å².